The average molecular weight is 427 g/mol. The number of benzene rings is 1. The molecule has 1 aliphatic carbocycles. The third-order valence-corrected chi connectivity index (χ3v) is 6.76. The van der Waals surface area contributed by atoms with Crippen molar-refractivity contribution in [2.75, 3.05) is 20.3 Å². The highest BCUT2D eigenvalue weighted by Crippen LogP contribution is 2.39. The first kappa shape index (κ1) is 20.8. The molecule has 0 unspecified atom stereocenters. The van der Waals surface area contributed by atoms with Crippen molar-refractivity contribution in [2.45, 2.75) is 44.6 Å². The van der Waals surface area contributed by atoms with Crippen LogP contribution in [0.5, 0.6) is 0 Å². The Balaban J connectivity index is 1.54. The van der Waals surface area contributed by atoms with Gasteiger partial charge in [0, 0.05) is 24.2 Å². The van der Waals surface area contributed by atoms with Crippen LogP contribution in [-0.4, -0.2) is 44.5 Å². The monoisotopic (exact) mass is 426 g/mol. The number of rotatable bonds is 6. The first-order valence-electron chi connectivity index (χ1n) is 10.4. The third kappa shape index (κ3) is 4.63. The van der Waals surface area contributed by atoms with Crippen LogP contribution < -0.4 is 5.32 Å². The molecule has 0 saturated carbocycles. The maximum Gasteiger partial charge on any atom is 0.337 e. The van der Waals surface area contributed by atoms with Gasteiger partial charge < -0.3 is 14.8 Å². The van der Waals surface area contributed by atoms with E-state index in [1.807, 2.05) is 12.1 Å². The van der Waals surface area contributed by atoms with Crippen molar-refractivity contribution < 1.29 is 19.1 Å². The molecular weight excluding hydrogens is 400 g/mol. The normalized spacial score (nSPS) is 18.4. The maximum atomic E-state index is 13.0. The number of ether oxygens (including phenoxy) is 2. The lowest BCUT2D eigenvalue weighted by atomic mass is 9.95. The molecule has 1 fully saturated rings. The van der Waals surface area contributed by atoms with E-state index in [0.717, 1.165) is 66.8 Å². The van der Waals surface area contributed by atoms with Gasteiger partial charge in [-0.2, -0.15) is 0 Å². The zero-order valence-corrected chi connectivity index (χ0v) is 17.9. The van der Waals surface area contributed by atoms with Crippen molar-refractivity contribution in [3.63, 3.8) is 0 Å². The average Bonchev–Trinajstić information content (AvgIpc) is 3.43. The maximum absolute atomic E-state index is 13.0. The number of aliphatic imine (C=N–C) groups is 1. The number of nitrogens with one attached hydrogen (secondary N) is 1. The summed E-state index contributed by atoms with van der Waals surface area (Å²) in [4.78, 5) is 30.6. The summed E-state index contributed by atoms with van der Waals surface area (Å²) in [5.74, 6) is -0.423. The Hall–Kier alpha value is -2.51. The van der Waals surface area contributed by atoms with E-state index in [-0.39, 0.29) is 18.0 Å². The second-order valence-electron chi connectivity index (χ2n) is 7.61. The third-order valence-electron chi connectivity index (χ3n) is 5.56. The van der Waals surface area contributed by atoms with Crippen LogP contribution in [0.4, 0.5) is 5.00 Å². The van der Waals surface area contributed by atoms with E-state index >= 15 is 0 Å². The van der Waals surface area contributed by atoms with Crippen molar-refractivity contribution >= 4 is 34.4 Å². The van der Waals surface area contributed by atoms with E-state index in [0.29, 0.717) is 12.1 Å². The number of carbonyl (C=O) groups excluding carboxylic acids is 2. The summed E-state index contributed by atoms with van der Waals surface area (Å²) in [6, 6.07) is 7.06. The fourth-order valence-corrected chi connectivity index (χ4v) is 5.16. The molecule has 2 aliphatic rings. The SMILES string of the molecule is COC(=O)c1ccc(C=Nc2sc3c(c2C(=O)NC[C@@H]2CCCO2)CCCC3)cc1. The van der Waals surface area contributed by atoms with Gasteiger partial charge in [0.2, 0.25) is 0 Å². The van der Waals surface area contributed by atoms with Gasteiger partial charge in [-0.3, -0.25) is 4.79 Å². The lowest BCUT2D eigenvalue weighted by Gasteiger charge is -2.14. The Bertz CT molecular complexity index is 943. The standard InChI is InChI=1S/C23H26N2O4S/c1-28-23(27)16-10-8-15(9-11-16)13-25-22-20(18-6-2-3-7-19(18)30-22)21(26)24-14-17-5-4-12-29-17/h8-11,13,17H,2-7,12,14H2,1H3,(H,24,26)/t17-/m0/s1. The van der Waals surface area contributed by atoms with Crippen molar-refractivity contribution in [3.8, 4) is 0 Å². The smallest absolute Gasteiger partial charge is 0.337 e. The zero-order chi connectivity index (χ0) is 20.9. The summed E-state index contributed by atoms with van der Waals surface area (Å²) in [6.45, 7) is 1.32. The number of fused-ring (bicyclic) bond motifs is 1. The Morgan fingerprint density at radius 2 is 2.03 bits per heavy atom. The first-order valence-corrected chi connectivity index (χ1v) is 11.2. The summed E-state index contributed by atoms with van der Waals surface area (Å²) in [5.41, 5.74) is 3.23. The van der Waals surface area contributed by atoms with Crippen molar-refractivity contribution in [2.24, 2.45) is 4.99 Å². The summed E-state index contributed by atoms with van der Waals surface area (Å²) in [7, 11) is 1.36. The fourth-order valence-electron chi connectivity index (χ4n) is 3.93. The van der Waals surface area contributed by atoms with E-state index in [1.165, 1.54) is 12.0 Å². The predicted octanol–water partition coefficient (Wildman–Crippen LogP) is 4.07. The summed E-state index contributed by atoms with van der Waals surface area (Å²) < 4.78 is 10.4. The van der Waals surface area contributed by atoms with E-state index in [9.17, 15) is 9.59 Å². The van der Waals surface area contributed by atoms with Crippen LogP contribution in [0.15, 0.2) is 29.3 Å². The van der Waals surface area contributed by atoms with Crippen LogP contribution >= 0.6 is 11.3 Å². The highest BCUT2D eigenvalue weighted by molar-refractivity contribution is 7.16. The number of methoxy groups -OCH3 is 1. The number of amides is 1. The Labute approximate surface area is 180 Å². The largest absolute Gasteiger partial charge is 0.465 e. The number of hydrogen-bond donors (Lipinski definition) is 1. The molecule has 2 aromatic rings. The molecule has 0 bridgehead atoms. The number of hydrogen-bond acceptors (Lipinski definition) is 6. The summed E-state index contributed by atoms with van der Waals surface area (Å²) in [6.07, 6.45) is 8.11. The number of esters is 1. The lowest BCUT2D eigenvalue weighted by molar-refractivity contribution is 0.0600. The predicted molar refractivity (Wildman–Crippen MR) is 117 cm³/mol. The molecule has 7 heteroatoms. The van der Waals surface area contributed by atoms with E-state index in [2.05, 4.69) is 10.3 Å². The highest BCUT2D eigenvalue weighted by atomic mass is 32.1. The molecule has 158 valence electrons. The van der Waals surface area contributed by atoms with Gasteiger partial charge in [0.05, 0.1) is 24.3 Å². The van der Waals surface area contributed by atoms with Gasteiger partial charge in [0.1, 0.15) is 5.00 Å². The van der Waals surface area contributed by atoms with Gasteiger partial charge in [0.25, 0.3) is 5.91 Å². The van der Waals surface area contributed by atoms with Crippen molar-refractivity contribution in [1.82, 2.24) is 5.32 Å². The van der Waals surface area contributed by atoms with Crippen molar-refractivity contribution in [3.05, 3.63) is 51.4 Å². The van der Waals surface area contributed by atoms with Gasteiger partial charge in [-0.15, -0.1) is 11.3 Å². The van der Waals surface area contributed by atoms with Gasteiger partial charge in [-0.05, 0) is 61.8 Å². The fraction of sp³-hybridized carbons (Fsp3) is 0.435. The number of aryl methyl sites for hydroxylation is 1. The summed E-state index contributed by atoms with van der Waals surface area (Å²) >= 11 is 1.62. The Morgan fingerprint density at radius 3 is 2.77 bits per heavy atom. The molecule has 2 heterocycles. The van der Waals surface area contributed by atoms with Crippen LogP contribution in [0, 0.1) is 0 Å². The molecule has 1 aromatic carbocycles. The molecule has 6 nitrogen and oxygen atoms in total. The molecule has 0 radical (unpaired) electrons. The van der Waals surface area contributed by atoms with Gasteiger partial charge in [0.15, 0.2) is 0 Å². The van der Waals surface area contributed by atoms with Crippen LogP contribution in [0.1, 0.15) is 62.4 Å². The molecule has 1 atom stereocenters. The van der Waals surface area contributed by atoms with E-state index < -0.39 is 0 Å². The molecule has 1 N–H and O–H groups in total. The Morgan fingerprint density at radius 1 is 1.23 bits per heavy atom. The molecule has 1 saturated heterocycles. The minimum atomic E-state index is -0.366. The van der Waals surface area contributed by atoms with Crippen LogP contribution in [-0.2, 0) is 22.3 Å². The molecular formula is C23H26N2O4S. The molecule has 30 heavy (non-hydrogen) atoms. The number of thiophene rings is 1. The second-order valence-corrected chi connectivity index (χ2v) is 8.69. The van der Waals surface area contributed by atoms with E-state index in [1.54, 1.807) is 29.7 Å². The quantitative estimate of drug-likeness (QED) is 0.558. The molecule has 0 spiro atoms. The molecule has 1 aliphatic heterocycles. The molecule has 4 rings (SSSR count). The minimum Gasteiger partial charge on any atom is -0.465 e. The topological polar surface area (TPSA) is 77.0 Å². The number of carbonyl (C=O) groups is 2. The van der Waals surface area contributed by atoms with Crippen LogP contribution in [0.25, 0.3) is 0 Å². The van der Waals surface area contributed by atoms with Crippen LogP contribution in [0.3, 0.4) is 0 Å². The second kappa shape index (κ2) is 9.53. The zero-order valence-electron chi connectivity index (χ0n) is 17.1. The van der Waals surface area contributed by atoms with Gasteiger partial charge in [-0.25, -0.2) is 9.79 Å². The lowest BCUT2D eigenvalue weighted by Crippen LogP contribution is -2.32. The Kier molecular flexibility index (Phi) is 6.59. The molecule has 1 amide bonds. The van der Waals surface area contributed by atoms with Crippen LogP contribution in [0.2, 0.25) is 0 Å². The van der Waals surface area contributed by atoms with Crippen molar-refractivity contribution in [1.29, 1.82) is 0 Å². The number of nitrogens with zero attached hydrogens (tertiary/aromatic N) is 1. The minimum absolute atomic E-state index is 0.0573. The molecule has 1 aromatic heterocycles. The summed E-state index contributed by atoms with van der Waals surface area (Å²) in [5, 5.41) is 3.81. The highest BCUT2D eigenvalue weighted by Gasteiger charge is 2.26. The van der Waals surface area contributed by atoms with Gasteiger partial charge in [-0.1, -0.05) is 12.1 Å². The first-order chi connectivity index (χ1) is 14.7. The van der Waals surface area contributed by atoms with Gasteiger partial charge >= 0.3 is 5.97 Å². The van der Waals surface area contributed by atoms with E-state index in [4.69, 9.17) is 9.47 Å².